The smallest absolute Gasteiger partial charge is 0.151 e. The Morgan fingerprint density at radius 2 is 2.06 bits per heavy atom. The number of rotatable bonds is 6. The van der Waals surface area contributed by atoms with Gasteiger partial charge in [0.25, 0.3) is 0 Å². The van der Waals surface area contributed by atoms with Gasteiger partial charge in [-0.15, -0.1) is 0 Å². The van der Waals surface area contributed by atoms with Gasteiger partial charge in [-0.1, -0.05) is 6.92 Å². The van der Waals surface area contributed by atoms with Crippen molar-refractivity contribution in [1.82, 2.24) is 10.2 Å². The van der Waals surface area contributed by atoms with Crippen molar-refractivity contribution in [2.24, 2.45) is 5.92 Å². The normalized spacial score (nSPS) is 29.7. The molecule has 4 nitrogen and oxygen atoms in total. The molecule has 0 aromatic rings. The first-order valence-corrected chi connectivity index (χ1v) is 8.42. The van der Waals surface area contributed by atoms with E-state index in [0.717, 1.165) is 25.6 Å². The topological polar surface area (TPSA) is 49.4 Å². The van der Waals surface area contributed by atoms with Gasteiger partial charge in [0.05, 0.1) is 11.5 Å². The van der Waals surface area contributed by atoms with Crippen molar-refractivity contribution in [2.45, 2.75) is 38.3 Å². The summed E-state index contributed by atoms with van der Waals surface area (Å²) in [7, 11) is -0.695. The third-order valence-electron chi connectivity index (χ3n) is 3.76. The van der Waals surface area contributed by atoms with E-state index >= 15 is 0 Å². The van der Waals surface area contributed by atoms with Gasteiger partial charge in [-0.05, 0) is 38.8 Å². The second kappa shape index (κ2) is 5.24. The second-order valence-corrected chi connectivity index (χ2v) is 8.01. The van der Waals surface area contributed by atoms with Gasteiger partial charge in [-0.3, -0.25) is 0 Å². The van der Waals surface area contributed by atoms with Gasteiger partial charge < -0.3 is 10.2 Å². The largest absolute Gasteiger partial charge is 0.314 e. The maximum absolute atomic E-state index is 11.4. The van der Waals surface area contributed by atoms with Crippen LogP contribution in [0, 0.1) is 5.92 Å². The molecule has 1 N–H and O–H groups in total. The lowest BCUT2D eigenvalue weighted by atomic mass is 10.1. The van der Waals surface area contributed by atoms with Crippen LogP contribution in [0.25, 0.3) is 0 Å². The van der Waals surface area contributed by atoms with Crippen molar-refractivity contribution in [2.75, 3.05) is 31.6 Å². The van der Waals surface area contributed by atoms with E-state index in [1.165, 1.54) is 12.8 Å². The zero-order valence-electron chi connectivity index (χ0n) is 10.9. The molecule has 2 atom stereocenters. The first-order valence-electron chi connectivity index (χ1n) is 6.60. The first-order chi connectivity index (χ1) is 7.96. The number of sulfone groups is 1. The Morgan fingerprint density at radius 3 is 2.59 bits per heavy atom. The van der Waals surface area contributed by atoms with Crippen molar-refractivity contribution in [3.8, 4) is 0 Å². The molecule has 5 heteroatoms. The molecule has 1 heterocycles. The molecular formula is C12H24N2O2S. The van der Waals surface area contributed by atoms with Crippen LogP contribution in [0.4, 0.5) is 0 Å². The standard InChI is InChI=1S/C12H24N2O2S/c1-10(7-13-11-3-4-11)8-14(2)12-5-6-17(15,16)9-12/h10-13H,3-9H2,1-2H3. The van der Waals surface area contributed by atoms with Crippen molar-refractivity contribution in [3.63, 3.8) is 0 Å². The molecule has 0 radical (unpaired) electrons. The fourth-order valence-electron chi connectivity index (χ4n) is 2.48. The van der Waals surface area contributed by atoms with Crippen LogP contribution in [-0.4, -0.2) is 57.0 Å². The van der Waals surface area contributed by atoms with Crippen LogP contribution in [0.2, 0.25) is 0 Å². The van der Waals surface area contributed by atoms with Crippen LogP contribution in [0.5, 0.6) is 0 Å². The van der Waals surface area contributed by atoms with E-state index in [-0.39, 0.29) is 6.04 Å². The number of hydrogen-bond donors (Lipinski definition) is 1. The zero-order valence-corrected chi connectivity index (χ0v) is 11.7. The molecule has 1 saturated carbocycles. The predicted molar refractivity (Wildman–Crippen MR) is 69.9 cm³/mol. The van der Waals surface area contributed by atoms with Crippen LogP contribution in [0.15, 0.2) is 0 Å². The Balaban J connectivity index is 1.70. The van der Waals surface area contributed by atoms with E-state index in [0.29, 0.717) is 17.4 Å². The van der Waals surface area contributed by atoms with E-state index in [2.05, 4.69) is 24.2 Å². The molecule has 2 unspecified atom stereocenters. The second-order valence-electron chi connectivity index (χ2n) is 5.78. The highest BCUT2D eigenvalue weighted by molar-refractivity contribution is 7.91. The van der Waals surface area contributed by atoms with Crippen molar-refractivity contribution in [3.05, 3.63) is 0 Å². The lowest BCUT2D eigenvalue weighted by Gasteiger charge is -2.26. The van der Waals surface area contributed by atoms with E-state index in [1.807, 2.05) is 0 Å². The summed E-state index contributed by atoms with van der Waals surface area (Å²) in [5.74, 6) is 1.31. The van der Waals surface area contributed by atoms with Gasteiger partial charge in [0.2, 0.25) is 0 Å². The minimum absolute atomic E-state index is 0.239. The molecule has 0 bridgehead atoms. The summed E-state index contributed by atoms with van der Waals surface area (Å²) in [6.07, 6.45) is 3.45. The molecule has 0 amide bonds. The Kier molecular flexibility index (Phi) is 4.10. The Morgan fingerprint density at radius 1 is 1.35 bits per heavy atom. The Bertz CT molecular complexity index is 352. The minimum Gasteiger partial charge on any atom is -0.314 e. The molecular weight excluding hydrogens is 236 g/mol. The molecule has 1 aliphatic carbocycles. The highest BCUT2D eigenvalue weighted by atomic mass is 32.2. The number of hydrogen-bond acceptors (Lipinski definition) is 4. The van der Waals surface area contributed by atoms with Crippen molar-refractivity contribution < 1.29 is 8.42 Å². The molecule has 2 fully saturated rings. The first kappa shape index (κ1) is 13.3. The Labute approximate surface area is 105 Å². The van der Waals surface area contributed by atoms with Crippen LogP contribution in [0.1, 0.15) is 26.2 Å². The average Bonchev–Trinajstić information content (AvgIpc) is 2.99. The van der Waals surface area contributed by atoms with Crippen LogP contribution in [-0.2, 0) is 9.84 Å². The third-order valence-corrected chi connectivity index (χ3v) is 5.51. The molecule has 1 saturated heterocycles. The maximum atomic E-state index is 11.4. The summed E-state index contributed by atoms with van der Waals surface area (Å²) in [5.41, 5.74) is 0. The molecule has 100 valence electrons. The maximum Gasteiger partial charge on any atom is 0.151 e. The van der Waals surface area contributed by atoms with Gasteiger partial charge in [-0.2, -0.15) is 0 Å². The predicted octanol–water partition coefficient (Wildman–Crippen LogP) is 0.493. The van der Waals surface area contributed by atoms with Crippen LogP contribution in [0.3, 0.4) is 0 Å². The third kappa shape index (κ3) is 4.23. The molecule has 2 aliphatic rings. The van der Waals surface area contributed by atoms with Gasteiger partial charge >= 0.3 is 0 Å². The average molecular weight is 260 g/mol. The zero-order chi connectivity index (χ0) is 12.5. The fraction of sp³-hybridized carbons (Fsp3) is 1.00. The van der Waals surface area contributed by atoms with Crippen LogP contribution >= 0.6 is 0 Å². The SMILES string of the molecule is CC(CNC1CC1)CN(C)C1CCS(=O)(=O)C1. The molecule has 2 rings (SSSR count). The van der Waals surface area contributed by atoms with E-state index < -0.39 is 9.84 Å². The molecule has 1 aliphatic heterocycles. The van der Waals surface area contributed by atoms with Gasteiger partial charge in [0, 0.05) is 18.6 Å². The van der Waals surface area contributed by atoms with E-state index in [1.54, 1.807) is 0 Å². The van der Waals surface area contributed by atoms with Crippen LogP contribution < -0.4 is 5.32 Å². The summed E-state index contributed by atoms with van der Waals surface area (Å²) >= 11 is 0. The summed E-state index contributed by atoms with van der Waals surface area (Å²) in [5, 5.41) is 3.52. The summed E-state index contributed by atoms with van der Waals surface area (Å²) in [4.78, 5) is 2.23. The van der Waals surface area contributed by atoms with E-state index in [4.69, 9.17) is 0 Å². The van der Waals surface area contributed by atoms with Crippen molar-refractivity contribution in [1.29, 1.82) is 0 Å². The van der Waals surface area contributed by atoms with Crippen molar-refractivity contribution >= 4 is 9.84 Å². The lowest BCUT2D eigenvalue weighted by Crippen LogP contribution is -2.38. The van der Waals surface area contributed by atoms with Gasteiger partial charge in [0.1, 0.15) is 0 Å². The fourth-order valence-corrected chi connectivity index (χ4v) is 4.29. The molecule has 0 spiro atoms. The van der Waals surface area contributed by atoms with Gasteiger partial charge in [-0.25, -0.2) is 8.42 Å². The molecule has 17 heavy (non-hydrogen) atoms. The minimum atomic E-state index is -2.75. The van der Waals surface area contributed by atoms with Gasteiger partial charge in [0.15, 0.2) is 9.84 Å². The number of nitrogens with one attached hydrogen (secondary N) is 1. The highest BCUT2D eigenvalue weighted by Crippen LogP contribution is 2.20. The summed E-state index contributed by atoms with van der Waals surface area (Å²) in [6, 6.07) is 0.998. The van der Waals surface area contributed by atoms with E-state index in [9.17, 15) is 8.42 Å². The highest BCUT2D eigenvalue weighted by Gasteiger charge is 2.31. The summed E-state index contributed by atoms with van der Waals surface area (Å²) in [6.45, 7) is 4.27. The summed E-state index contributed by atoms with van der Waals surface area (Å²) < 4.78 is 22.8. The quantitative estimate of drug-likeness (QED) is 0.755. The number of nitrogens with zero attached hydrogens (tertiary/aromatic N) is 1. The monoisotopic (exact) mass is 260 g/mol. The molecule has 0 aromatic carbocycles. The Hall–Kier alpha value is -0.130. The molecule has 0 aromatic heterocycles. The lowest BCUT2D eigenvalue weighted by molar-refractivity contribution is 0.225.